The number of fused-ring (bicyclic) bond motifs is 1. The monoisotopic (exact) mass is 572 g/mol. The quantitative estimate of drug-likeness (QED) is 0.265. The van der Waals surface area contributed by atoms with Gasteiger partial charge in [0.15, 0.2) is 0 Å². The number of carbonyl (C=O) groups is 1. The van der Waals surface area contributed by atoms with Gasteiger partial charge in [-0.1, -0.05) is 30.4 Å². The van der Waals surface area contributed by atoms with Gasteiger partial charge in [-0.05, 0) is 74.9 Å². The van der Waals surface area contributed by atoms with Gasteiger partial charge in [-0.15, -0.1) is 0 Å². The van der Waals surface area contributed by atoms with Crippen LogP contribution in [-0.4, -0.2) is 49.3 Å². The van der Waals surface area contributed by atoms with Gasteiger partial charge in [0.05, 0.1) is 28.2 Å². The van der Waals surface area contributed by atoms with E-state index in [2.05, 4.69) is 22.5 Å². The van der Waals surface area contributed by atoms with Crippen molar-refractivity contribution in [2.24, 2.45) is 0 Å². The van der Waals surface area contributed by atoms with Gasteiger partial charge < -0.3 is 10.2 Å². The summed E-state index contributed by atoms with van der Waals surface area (Å²) in [6.45, 7) is 3.45. The molecule has 4 heterocycles. The van der Waals surface area contributed by atoms with Crippen molar-refractivity contribution in [2.75, 3.05) is 18.4 Å². The number of likely N-dealkylation sites (tertiary alicyclic amines) is 1. The molecule has 1 aliphatic carbocycles. The number of nitrogens with zero attached hydrogens (tertiary/aromatic N) is 5. The number of aromatic nitrogens is 4. The molecule has 42 heavy (non-hydrogen) atoms. The Kier molecular flexibility index (Phi) is 7.53. The topological polar surface area (TPSA) is 75.4 Å². The molecule has 1 amide bonds. The van der Waals surface area contributed by atoms with Crippen molar-refractivity contribution in [1.82, 2.24) is 24.3 Å². The van der Waals surface area contributed by atoms with E-state index in [4.69, 9.17) is 9.97 Å². The van der Waals surface area contributed by atoms with Crippen LogP contribution in [0.25, 0.3) is 28.3 Å². The first kappa shape index (κ1) is 27.7. The van der Waals surface area contributed by atoms with E-state index in [9.17, 15) is 18.0 Å². The summed E-state index contributed by atoms with van der Waals surface area (Å²) in [4.78, 5) is 29.1. The minimum absolute atomic E-state index is 0.0101. The third-order valence-electron chi connectivity index (χ3n) is 7.82. The van der Waals surface area contributed by atoms with E-state index >= 15 is 0 Å². The summed E-state index contributed by atoms with van der Waals surface area (Å²) in [5.74, 6) is 0.312. The lowest BCUT2D eigenvalue weighted by molar-refractivity contribution is -0.137. The fourth-order valence-corrected chi connectivity index (χ4v) is 5.57. The van der Waals surface area contributed by atoms with E-state index < -0.39 is 11.7 Å². The first-order chi connectivity index (χ1) is 20.3. The highest BCUT2D eigenvalue weighted by Gasteiger charge is 2.31. The van der Waals surface area contributed by atoms with Gasteiger partial charge in [-0.2, -0.15) is 13.2 Å². The van der Waals surface area contributed by atoms with Crippen LogP contribution < -0.4 is 5.32 Å². The molecule has 0 bridgehead atoms. The predicted octanol–water partition coefficient (Wildman–Crippen LogP) is 7.18. The Morgan fingerprint density at radius 1 is 1.05 bits per heavy atom. The van der Waals surface area contributed by atoms with Crippen LogP contribution in [0.15, 0.2) is 78.7 Å². The molecule has 216 valence electrons. The van der Waals surface area contributed by atoms with Gasteiger partial charge in [-0.25, -0.2) is 15.0 Å². The van der Waals surface area contributed by atoms with Gasteiger partial charge in [-0.3, -0.25) is 9.20 Å². The molecule has 1 atom stereocenters. The van der Waals surface area contributed by atoms with Gasteiger partial charge in [0, 0.05) is 37.1 Å². The van der Waals surface area contributed by atoms with E-state index in [1.165, 1.54) is 11.6 Å². The SMILES string of the molecule is C[C@H](Nc1nccc(-c2c(-c3cccc(C(F)(F)F)c3)nc3ccc(C(=O)N4CCCCC4)cn23)n1)C1=CC=CCC1. The molecule has 0 unspecified atom stereocenters. The Morgan fingerprint density at radius 3 is 2.64 bits per heavy atom. The van der Waals surface area contributed by atoms with Crippen molar-refractivity contribution in [3.05, 3.63) is 89.8 Å². The summed E-state index contributed by atoms with van der Waals surface area (Å²) in [7, 11) is 0. The number of pyridine rings is 1. The maximum Gasteiger partial charge on any atom is 0.416 e. The van der Waals surface area contributed by atoms with Crippen LogP contribution in [0.4, 0.5) is 19.1 Å². The second-order valence-corrected chi connectivity index (χ2v) is 10.7. The highest BCUT2D eigenvalue weighted by molar-refractivity contribution is 5.95. The van der Waals surface area contributed by atoms with E-state index in [1.807, 2.05) is 17.9 Å². The number of carbonyl (C=O) groups excluding carboxylic acids is 1. The van der Waals surface area contributed by atoms with Crippen LogP contribution in [0.1, 0.15) is 54.9 Å². The Balaban J connectivity index is 1.46. The van der Waals surface area contributed by atoms with Gasteiger partial charge in [0.25, 0.3) is 5.91 Å². The molecule has 10 heteroatoms. The Morgan fingerprint density at radius 2 is 1.88 bits per heavy atom. The summed E-state index contributed by atoms with van der Waals surface area (Å²) in [6.07, 6.45) is 10.0. The van der Waals surface area contributed by atoms with Crippen molar-refractivity contribution in [3.63, 3.8) is 0 Å². The molecule has 7 nitrogen and oxygen atoms in total. The number of rotatable bonds is 6. The first-order valence-corrected chi connectivity index (χ1v) is 14.2. The number of anilines is 1. The highest BCUT2D eigenvalue weighted by Crippen LogP contribution is 2.36. The average molecular weight is 573 g/mol. The second kappa shape index (κ2) is 11.4. The Labute approximate surface area is 241 Å². The van der Waals surface area contributed by atoms with Crippen LogP contribution in [0, 0.1) is 0 Å². The van der Waals surface area contributed by atoms with Gasteiger partial charge in [0.2, 0.25) is 5.95 Å². The largest absolute Gasteiger partial charge is 0.416 e. The van der Waals surface area contributed by atoms with E-state index in [1.54, 1.807) is 41.1 Å². The van der Waals surface area contributed by atoms with E-state index in [0.29, 0.717) is 52.9 Å². The van der Waals surface area contributed by atoms with E-state index in [0.717, 1.165) is 44.2 Å². The third-order valence-corrected chi connectivity index (χ3v) is 7.82. The summed E-state index contributed by atoms with van der Waals surface area (Å²) in [6, 6.07) is 10.3. The number of piperidine rings is 1. The number of benzene rings is 1. The number of alkyl halides is 3. The van der Waals surface area contributed by atoms with Gasteiger partial charge in [0.1, 0.15) is 5.65 Å². The lowest BCUT2D eigenvalue weighted by Gasteiger charge is -2.26. The predicted molar refractivity (Wildman–Crippen MR) is 156 cm³/mol. The van der Waals surface area contributed by atoms with Crippen LogP contribution in [0.2, 0.25) is 0 Å². The second-order valence-electron chi connectivity index (χ2n) is 10.7. The molecule has 1 aromatic carbocycles. The van der Waals surface area contributed by atoms with Crippen molar-refractivity contribution in [3.8, 4) is 22.6 Å². The molecule has 3 aromatic heterocycles. The smallest absolute Gasteiger partial charge is 0.348 e. The van der Waals surface area contributed by atoms with Crippen LogP contribution >= 0.6 is 0 Å². The minimum Gasteiger partial charge on any atom is -0.348 e. The maximum atomic E-state index is 13.7. The molecule has 1 fully saturated rings. The van der Waals surface area contributed by atoms with Crippen LogP contribution in [-0.2, 0) is 6.18 Å². The number of halogens is 3. The highest BCUT2D eigenvalue weighted by atomic mass is 19.4. The zero-order valence-electron chi connectivity index (χ0n) is 23.2. The number of allylic oxidation sites excluding steroid dienone is 3. The zero-order valence-corrected chi connectivity index (χ0v) is 23.2. The number of amides is 1. The molecule has 1 saturated heterocycles. The summed E-state index contributed by atoms with van der Waals surface area (Å²) in [5.41, 5.74) is 3.03. The molecular formula is C32H31F3N6O. The van der Waals surface area contributed by atoms with Gasteiger partial charge >= 0.3 is 6.18 Å². The van der Waals surface area contributed by atoms with Crippen molar-refractivity contribution in [2.45, 2.75) is 51.2 Å². The number of hydrogen-bond donors (Lipinski definition) is 1. The van der Waals surface area contributed by atoms with Crippen molar-refractivity contribution < 1.29 is 18.0 Å². The Hall–Kier alpha value is -4.47. The molecule has 0 saturated carbocycles. The standard InChI is InChI=1S/C32H31F3N6O/c1-21(22-9-4-2-5-10-22)37-31-36-16-15-26(38-31)29-28(23-11-8-12-25(19-23)32(33,34)35)39-27-14-13-24(20-41(27)29)30(42)40-17-6-3-7-18-40/h2,4,8-9,11-16,19-21H,3,5-7,10,17-18H2,1H3,(H,36,37,38)/t21-/m0/s1. The minimum atomic E-state index is -4.51. The average Bonchev–Trinajstić information content (AvgIpc) is 3.40. The zero-order chi connectivity index (χ0) is 29.3. The molecular weight excluding hydrogens is 541 g/mol. The molecule has 6 rings (SSSR count). The van der Waals surface area contributed by atoms with E-state index in [-0.39, 0.29) is 11.9 Å². The summed E-state index contributed by atoms with van der Waals surface area (Å²) < 4.78 is 42.7. The maximum absolute atomic E-state index is 13.7. The summed E-state index contributed by atoms with van der Waals surface area (Å²) >= 11 is 0. The molecule has 4 aromatic rings. The molecule has 1 N–H and O–H groups in total. The molecule has 2 aliphatic rings. The number of hydrogen-bond acceptors (Lipinski definition) is 5. The number of imidazole rings is 1. The normalized spacial score (nSPS) is 16.4. The molecule has 0 spiro atoms. The summed E-state index contributed by atoms with van der Waals surface area (Å²) in [5, 5.41) is 3.36. The fraction of sp³-hybridized carbons (Fsp3) is 0.312. The lowest BCUT2D eigenvalue weighted by atomic mass is 9.99. The molecule has 1 aliphatic heterocycles. The number of nitrogens with one attached hydrogen (secondary N) is 1. The first-order valence-electron chi connectivity index (χ1n) is 14.2. The fourth-order valence-electron chi connectivity index (χ4n) is 5.57. The van der Waals surface area contributed by atoms with Crippen LogP contribution in [0.5, 0.6) is 0 Å². The van der Waals surface area contributed by atoms with Crippen molar-refractivity contribution in [1.29, 1.82) is 0 Å². The third kappa shape index (κ3) is 5.66. The van der Waals surface area contributed by atoms with Crippen LogP contribution in [0.3, 0.4) is 0 Å². The lowest BCUT2D eigenvalue weighted by Crippen LogP contribution is -2.35. The Bertz CT molecular complexity index is 1680. The molecule has 0 radical (unpaired) electrons. The van der Waals surface area contributed by atoms with Crippen molar-refractivity contribution >= 4 is 17.5 Å².